The van der Waals surface area contributed by atoms with E-state index in [1.54, 1.807) is 0 Å². The van der Waals surface area contributed by atoms with Gasteiger partial charge in [0.1, 0.15) is 17.7 Å². The molecule has 19 heavy (non-hydrogen) atoms. The lowest BCUT2D eigenvalue weighted by Crippen LogP contribution is -2.27. The summed E-state index contributed by atoms with van der Waals surface area (Å²) < 4.78 is 11.3. The van der Waals surface area contributed by atoms with E-state index < -0.39 is 0 Å². The molecule has 1 unspecified atom stereocenters. The van der Waals surface area contributed by atoms with E-state index in [2.05, 4.69) is 10.2 Å². The Morgan fingerprint density at radius 1 is 1.32 bits per heavy atom. The van der Waals surface area contributed by atoms with Crippen molar-refractivity contribution < 1.29 is 9.47 Å². The fourth-order valence-corrected chi connectivity index (χ4v) is 2.19. The molecule has 2 aromatic rings. The monoisotopic (exact) mass is 259 g/mol. The molecule has 0 bridgehead atoms. The van der Waals surface area contributed by atoms with Gasteiger partial charge in [-0.05, 0) is 42.7 Å². The zero-order valence-corrected chi connectivity index (χ0v) is 10.6. The third kappa shape index (κ3) is 2.88. The normalized spacial score (nSPS) is 19.3. The maximum Gasteiger partial charge on any atom is 0.145 e. The van der Waals surface area contributed by atoms with E-state index >= 15 is 0 Å². The summed E-state index contributed by atoms with van der Waals surface area (Å²) in [6.07, 6.45) is 2.29. The Balaban J connectivity index is 1.68. The van der Waals surface area contributed by atoms with Crippen molar-refractivity contribution in [2.45, 2.75) is 18.9 Å². The molecule has 1 aromatic heterocycles. The zero-order valence-electron chi connectivity index (χ0n) is 10.6. The maximum absolute atomic E-state index is 5.88. The molecule has 0 spiro atoms. The van der Waals surface area contributed by atoms with Crippen LogP contribution in [-0.4, -0.2) is 29.5 Å². The lowest BCUT2D eigenvalue weighted by Gasteiger charge is -2.23. The van der Waals surface area contributed by atoms with Crippen LogP contribution in [0.15, 0.2) is 30.3 Å². The molecule has 3 rings (SSSR count). The van der Waals surface area contributed by atoms with Crippen LogP contribution in [0.25, 0.3) is 11.3 Å². The summed E-state index contributed by atoms with van der Waals surface area (Å²) in [6.45, 7) is 1.53. The number of ether oxygens (including phenoxy) is 2. The minimum Gasteiger partial charge on any atom is -0.488 e. The van der Waals surface area contributed by atoms with Crippen LogP contribution in [-0.2, 0) is 4.74 Å². The van der Waals surface area contributed by atoms with Crippen molar-refractivity contribution in [1.29, 1.82) is 0 Å². The smallest absolute Gasteiger partial charge is 0.145 e. The Morgan fingerprint density at radius 2 is 2.16 bits per heavy atom. The van der Waals surface area contributed by atoms with Gasteiger partial charge < -0.3 is 15.2 Å². The Labute approximate surface area is 111 Å². The molecule has 1 atom stereocenters. The van der Waals surface area contributed by atoms with Crippen molar-refractivity contribution in [3.05, 3.63) is 30.3 Å². The number of nitrogens with zero attached hydrogens (tertiary/aromatic N) is 1. The summed E-state index contributed by atoms with van der Waals surface area (Å²) in [4.78, 5) is 0. The second-order valence-corrected chi connectivity index (χ2v) is 4.69. The quantitative estimate of drug-likeness (QED) is 0.886. The number of nitrogens with two attached hydrogens (primary N) is 1. The molecule has 1 aliphatic rings. The average Bonchev–Trinajstić information content (AvgIpc) is 2.87. The van der Waals surface area contributed by atoms with Crippen LogP contribution in [0, 0.1) is 0 Å². The zero-order chi connectivity index (χ0) is 13.1. The Bertz CT molecular complexity index is 530. The lowest BCUT2D eigenvalue weighted by atomic mass is 10.1. The SMILES string of the molecule is Nc1cc(-c2ccc(OC3CCCOC3)cc2)[nH]n1. The fraction of sp³-hybridized carbons (Fsp3) is 0.357. The van der Waals surface area contributed by atoms with Gasteiger partial charge in [-0.3, -0.25) is 5.10 Å². The Kier molecular flexibility index (Phi) is 3.37. The molecule has 3 N–H and O–H groups in total. The maximum atomic E-state index is 5.88. The largest absolute Gasteiger partial charge is 0.488 e. The highest BCUT2D eigenvalue weighted by atomic mass is 16.5. The van der Waals surface area contributed by atoms with Gasteiger partial charge in [0, 0.05) is 12.7 Å². The van der Waals surface area contributed by atoms with Crippen LogP contribution in [0.1, 0.15) is 12.8 Å². The molecule has 2 heterocycles. The van der Waals surface area contributed by atoms with Crippen molar-refractivity contribution >= 4 is 5.82 Å². The topological polar surface area (TPSA) is 73.2 Å². The highest BCUT2D eigenvalue weighted by Crippen LogP contribution is 2.23. The standard InChI is InChI=1S/C14H17N3O2/c15-14-8-13(16-17-14)10-3-5-11(6-4-10)19-12-2-1-7-18-9-12/h3-6,8,12H,1-2,7,9H2,(H3,15,16,17). The molecule has 1 saturated heterocycles. The molecule has 1 aromatic carbocycles. The predicted molar refractivity (Wildman–Crippen MR) is 72.9 cm³/mol. The van der Waals surface area contributed by atoms with Gasteiger partial charge in [-0.1, -0.05) is 0 Å². The van der Waals surface area contributed by atoms with Gasteiger partial charge >= 0.3 is 0 Å². The van der Waals surface area contributed by atoms with Crippen LogP contribution >= 0.6 is 0 Å². The number of aromatic nitrogens is 2. The molecule has 5 nitrogen and oxygen atoms in total. The van der Waals surface area contributed by atoms with Gasteiger partial charge in [0.05, 0.1) is 12.3 Å². The van der Waals surface area contributed by atoms with Crippen molar-refractivity contribution in [3.8, 4) is 17.0 Å². The van der Waals surface area contributed by atoms with Crippen LogP contribution in [0.3, 0.4) is 0 Å². The molecule has 0 saturated carbocycles. The van der Waals surface area contributed by atoms with E-state index in [0.29, 0.717) is 12.4 Å². The first-order valence-electron chi connectivity index (χ1n) is 6.47. The fourth-order valence-electron chi connectivity index (χ4n) is 2.19. The minimum absolute atomic E-state index is 0.169. The molecule has 0 amide bonds. The lowest BCUT2D eigenvalue weighted by molar-refractivity contribution is 0.00744. The van der Waals surface area contributed by atoms with E-state index in [9.17, 15) is 0 Å². The Morgan fingerprint density at radius 3 is 2.79 bits per heavy atom. The van der Waals surface area contributed by atoms with Crippen molar-refractivity contribution in [2.24, 2.45) is 0 Å². The van der Waals surface area contributed by atoms with E-state index in [-0.39, 0.29) is 6.10 Å². The van der Waals surface area contributed by atoms with Gasteiger partial charge in [-0.2, -0.15) is 5.10 Å². The molecular weight excluding hydrogens is 242 g/mol. The second-order valence-electron chi connectivity index (χ2n) is 4.69. The first-order chi connectivity index (χ1) is 9.31. The number of H-pyrrole nitrogens is 1. The number of anilines is 1. The highest BCUT2D eigenvalue weighted by Gasteiger charge is 2.15. The number of hydrogen-bond donors (Lipinski definition) is 2. The third-order valence-electron chi connectivity index (χ3n) is 3.18. The Hall–Kier alpha value is -2.01. The molecule has 0 radical (unpaired) electrons. The van der Waals surface area contributed by atoms with Crippen LogP contribution in [0.5, 0.6) is 5.75 Å². The minimum atomic E-state index is 0.169. The summed E-state index contributed by atoms with van der Waals surface area (Å²) >= 11 is 0. The predicted octanol–water partition coefficient (Wildman–Crippen LogP) is 2.22. The number of rotatable bonds is 3. The van der Waals surface area contributed by atoms with Gasteiger partial charge in [0.2, 0.25) is 0 Å². The second kappa shape index (κ2) is 5.32. The summed E-state index contributed by atoms with van der Waals surface area (Å²) in [6, 6.07) is 9.71. The van der Waals surface area contributed by atoms with E-state index in [4.69, 9.17) is 15.2 Å². The average molecular weight is 259 g/mol. The molecular formula is C14H17N3O2. The van der Waals surface area contributed by atoms with Gasteiger partial charge in [0.25, 0.3) is 0 Å². The summed E-state index contributed by atoms with van der Waals surface area (Å²) in [5.41, 5.74) is 7.53. The number of hydrogen-bond acceptors (Lipinski definition) is 4. The van der Waals surface area contributed by atoms with Crippen molar-refractivity contribution in [1.82, 2.24) is 10.2 Å². The molecule has 100 valence electrons. The van der Waals surface area contributed by atoms with E-state index in [0.717, 1.165) is 36.5 Å². The van der Waals surface area contributed by atoms with Gasteiger partial charge in [0.15, 0.2) is 0 Å². The van der Waals surface area contributed by atoms with E-state index in [1.807, 2.05) is 30.3 Å². The van der Waals surface area contributed by atoms with Crippen molar-refractivity contribution in [3.63, 3.8) is 0 Å². The summed E-state index contributed by atoms with van der Waals surface area (Å²) in [5.74, 6) is 1.36. The first-order valence-corrected chi connectivity index (χ1v) is 6.47. The molecule has 0 aliphatic carbocycles. The summed E-state index contributed by atoms with van der Waals surface area (Å²) in [5, 5.41) is 6.80. The van der Waals surface area contributed by atoms with Crippen LogP contribution in [0.2, 0.25) is 0 Å². The summed E-state index contributed by atoms with van der Waals surface area (Å²) in [7, 11) is 0. The number of aromatic amines is 1. The van der Waals surface area contributed by atoms with E-state index in [1.165, 1.54) is 0 Å². The van der Waals surface area contributed by atoms with Gasteiger partial charge in [-0.15, -0.1) is 0 Å². The molecule has 1 aliphatic heterocycles. The van der Waals surface area contributed by atoms with Crippen LogP contribution < -0.4 is 10.5 Å². The molecule has 1 fully saturated rings. The number of nitrogens with one attached hydrogen (secondary N) is 1. The number of nitrogen functional groups attached to an aromatic ring is 1. The first kappa shape index (κ1) is 12.0. The molecule has 5 heteroatoms. The third-order valence-corrected chi connectivity index (χ3v) is 3.18. The van der Waals surface area contributed by atoms with Gasteiger partial charge in [-0.25, -0.2) is 0 Å². The number of benzene rings is 1. The van der Waals surface area contributed by atoms with Crippen LogP contribution in [0.4, 0.5) is 5.82 Å². The van der Waals surface area contributed by atoms with Crippen molar-refractivity contribution in [2.75, 3.05) is 18.9 Å². The highest BCUT2D eigenvalue weighted by molar-refractivity contribution is 5.62.